The number of rotatable bonds is 2. The van der Waals surface area contributed by atoms with Crippen LogP contribution in [0.3, 0.4) is 0 Å². The van der Waals surface area contributed by atoms with Gasteiger partial charge in [-0.2, -0.15) is 0 Å². The third-order valence-corrected chi connectivity index (χ3v) is 2.75. The van der Waals surface area contributed by atoms with Crippen molar-refractivity contribution in [3.63, 3.8) is 0 Å². The minimum Gasteiger partial charge on any atom is -0.385 e. The van der Waals surface area contributed by atoms with E-state index in [0.29, 0.717) is 11.6 Å². The number of nitrogens with zero attached hydrogens (tertiary/aromatic N) is 2. The number of benzene rings is 2. The third-order valence-electron chi connectivity index (χ3n) is 2.75. The van der Waals surface area contributed by atoms with Crippen LogP contribution in [0.15, 0.2) is 64.8 Å². The van der Waals surface area contributed by atoms with E-state index in [4.69, 9.17) is 5.73 Å². The highest BCUT2D eigenvalue weighted by Crippen LogP contribution is 2.31. The van der Waals surface area contributed by atoms with Gasteiger partial charge in [-0.3, -0.25) is 0 Å². The molecule has 0 aliphatic carbocycles. The van der Waals surface area contributed by atoms with E-state index in [1.165, 1.54) is 0 Å². The van der Waals surface area contributed by atoms with Crippen molar-refractivity contribution in [2.75, 3.05) is 5.73 Å². The second kappa shape index (κ2) is 4.33. The predicted octanol–water partition coefficient (Wildman–Crippen LogP) is 4.17. The predicted molar refractivity (Wildman–Crippen MR) is 73.3 cm³/mol. The van der Waals surface area contributed by atoms with Crippen molar-refractivity contribution in [2.24, 2.45) is 10.2 Å². The van der Waals surface area contributed by atoms with Crippen molar-refractivity contribution >= 4 is 28.1 Å². The van der Waals surface area contributed by atoms with Crippen LogP contribution < -0.4 is 5.73 Å². The van der Waals surface area contributed by atoms with Crippen LogP contribution in [-0.4, -0.2) is 4.98 Å². The number of anilines is 1. The van der Waals surface area contributed by atoms with Gasteiger partial charge in [-0.25, -0.2) is 0 Å². The van der Waals surface area contributed by atoms with Gasteiger partial charge >= 0.3 is 0 Å². The Bertz CT molecular complexity index is 698. The van der Waals surface area contributed by atoms with Crippen molar-refractivity contribution in [1.29, 1.82) is 0 Å². The fourth-order valence-electron chi connectivity index (χ4n) is 1.87. The Balaban J connectivity index is 2.03. The molecular formula is C14H12N4. The summed E-state index contributed by atoms with van der Waals surface area (Å²) in [6.45, 7) is 0. The topological polar surface area (TPSA) is 66.5 Å². The fraction of sp³-hybridized carbons (Fsp3) is 0. The number of nitrogens with one attached hydrogen (secondary N) is 1. The standard InChI is InChI=1S/C14H12N4/c15-13-11-8-4-5-9-12(11)14(16-13)18-17-10-6-2-1-3-7-10/h1-9,16H,15H2. The largest absolute Gasteiger partial charge is 0.385 e. The number of nitrogen functional groups attached to an aromatic ring is 1. The zero-order chi connectivity index (χ0) is 12.4. The van der Waals surface area contributed by atoms with E-state index in [1.807, 2.05) is 54.6 Å². The molecule has 1 aromatic heterocycles. The normalized spacial score (nSPS) is 11.3. The summed E-state index contributed by atoms with van der Waals surface area (Å²) < 4.78 is 0. The highest BCUT2D eigenvalue weighted by Gasteiger charge is 2.05. The number of aromatic amines is 1. The van der Waals surface area contributed by atoms with Gasteiger partial charge in [-0.05, 0) is 12.1 Å². The lowest BCUT2D eigenvalue weighted by Crippen LogP contribution is -1.82. The summed E-state index contributed by atoms with van der Waals surface area (Å²) in [5.74, 6) is 1.31. The van der Waals surface area contributed by atoms with Crippen LogP contribution in [0, 0.1) is 0 Å². The number of H-pyrrole nitrogens is 1. The summed E-state index contributed by atoms with van der Waals surface area (Å²) in [4.78, 5) is 3.04. The molecule has 1 heterocycles. The van der Waals surface area contributed by atoms with E-state index in [0.717, 1.165) is 16.5 Å². The van der Waals surface area contributed by atoms with E-state index < -0.39 is 0 Å². The van der Waals surface area contributed by atoms with Crippen molar-refractivity contribution in [3.05, 3.63) is 54.6 Å². The monoisotopic (exact) mass is 236 g/mol. The highest BCUT2D eigenvalue weighted by molar-refractivity contribution is 5.99. The molecule has 4 nitrogen and oxygen atoms in total. The lowest BCUT2D eigenvalue weighted by Gasteiger charge is -1.91. The average molecular weight is 236 g/mol. The Kier molecular flexibility index (Phi) is 2.53. The summed E-state index contributed by atoms with van der Waals surface area (Å²) in [5, 5.41) is 10.3. The van der Waals surface area contributed by atoms with Crippen molar-refractivity contribution in [2.45, 2.75) is 0 Å². The smallest absolute Gasteiger partial charge is 0.162 e. The second-order valence-electron chi connectivity index (χ2n) is 3.97. The van der Waals surface area contributed by atoms with Crippen molar-refractivity contribution < 1.29 is 0 Å². The Morgan fingerprint density at radius 2 is 1.44 bits per heavy atom. The van der Waals surface area contributed by atoms with Crippen LogP contribution in [-0.2, 0) is 0 Å². The summed E-state index contributed by atoms with van der Waals surface area (Å²) in [6, 6.07) is 17.4. The fourth-order valence-corrected chi connectivity index (χ4v) is 1.87. The molecule has 2 aromatic carbocycles. The van der Waals surface area contributed by atoms with Crippen LogP contribution in [0.4, 0.5) is 17.3 Å². The SMILES string of the molecule is Nc1[nH]c(N=Nc2ccccc2)c2ccccc12. The van der Waals surface area contributed by atoms with Gasteiger partial charge in [0.05, 0.1) is 5.69 Å². The number of aromatic nitrogens is 1. The Morgan fingerprint density at radius 3 is 2.22 bits per heavy atom. The molecule has 0 atom stereocenters. The quantitative estimate of drug-likeness (QED) is 0.644. The van der Waals surface area contributed by atoms with Gasteiger partial charge in [0.1, 0.15) is 5.82 Å². The van der Waals surface area contributed by atoms with Crippen LogP contribution in [0.2, 0.25) is 0 Å². The number of nitrogens with two attached hydrogens (primary N) is 1. The molecule has 0 saturated carbocycles. The average Bonchev–Trinajstić information content (AvgIpc) is 2.75. The van der Waals surface area contributed by atoms with E-state index in [1.54, 1.807) is 0 Å². The van der Waals surface area contributed by atoms with Gasteiger partial charge in [0, 0.05) is 10.8 Å². The van der Waals surface area contributed by atoms with E-state index in [-0.39, 0.29) is 0 Å². The molecule has 4 heteroatoms. The molecule has 0 unspecified atom stereocenters. The molecule has 0 saturated heterocycles. The molecule has 0 aliphatic heterocycles. The molecule has 3 N–H and O–H groups in total. The molecule has 0 aliphatic rings. The minimum absolute atomic E-state index is 0.618. The van der Waals surface area contributed by atoms with Gasteiger partial charge < -0.3 is 10.7 Å². The molecular weight excluding hydrogens is 224 g/mol. The Hall–Kier alpha value is -2.62. The maximum Gasteiger partial charge on any atom is 0.162 e. The van der Waals surface area contributed by atoms with Gasteiger partial charge in [0.15, 0.2) is 5.82 Å². The number of azo groups is 1. The number of hydrogen-bond acceptors (Lipinski definition) is 3. The van der Waals surface area contributed by atoms with Gasteiger partial charge in [-0.1, -0.05) is 42.5 Å². The Labute approximate surface area is 104 Å². The summed E-state index contributed by atoms with van der Waals surface area (Å²) in [5.41, 5.74) is 6.70. The lowest BCUT2D eigenvalue weighted by molar-refractivity contribution is 1.19. The number of fused-ring (bicyclic) bond motifs is 1. The minimum atomic E-state index is 0.618. The first-order chi connectivity index (χ1) is 8.84. The van der Waals surface area contributed by atoms with E-state index >= 15 is 0 Å². The van der Waals surface area contributed by atoms with Crippen LogP contribution in [0.5, 0.6) is 0 Å². The first-order valence-electron chi connectivity index (χ1n) is 5.67. The first kappa shape index (κ1) is 10.5. The van der Waals surface area contributed by atoms with E-state index in [9.17, 15) is 0 Å². The molecule has 0 fully saturated rings. The van der Waals surface area contributed by atoms with Gasteiger partial charge in [0.25, 0.3) is 0 Å². The first-order valence-corrected chi connectivity index (χ1v) is 5.67. The maximum absolute atomic E-state index is 5.89. The van der Waals surface area contributed by atoms with Crippen molar-refractivity contribution in [1.82, 2.24) is 4.98 Å². The molecule has 88 valence electrons. The van der Waals surface area contributed by atoms with E-state index in [2.05, 4.69) is 15.2 Å². The van der Waals surface area contributed by atoms with Crippen molar-refractivity contribution in [3.8, 4) is 0 Å². The zero-order valence-electron chi connectivity index (χ0n) is 9.67. The summed E-state index contributed by atoms with van der Waals surface area (Å²) in [7, 11) is 0. The van der Waals surface area contributed by atoms with Crippen LogP contribution in [0.25, 0.3) is 10.8 Å². The maximum atomic E-state index is 5.89. The summed E-state index contributed by atoms with van der Waals surface area (Å²) >= 11 is 0. The van der Waals surface area contributed by atoms with Crippen LogP contribution >= 0.6 is 0 Å². The third kappa shape index (κ3) is 1.84. The Morgan fingerprint density at radius 1 is 0.778 bits per heavy atom. The zero-order valence-corrected chi connectivity index (χ0v) is 9.67. The molecule has 3 aromatic rings. The van der Waals surface area contributed by atoms with Gasteiger partial charge in [-0.15, -0.1) is 10.2 Å². The number of hydrogen-bond donors (Lipinski definition) is 2. The molecule has 18 heavy (non-hydrogen) atoms. The molecule has 0 bridgehead atoms. The molecule has 3 rings (SSSR count). The second-order valence-corrected chi connectivity index (χ2v) is 3.97. The summed E-state index contributed by atoms with van der Waals surface area (Å²) in [6.07, 6.45) is 0. The molecule has 0 radical (unpaired) electrons. The molecule has 0 amide bonds. The highest BCUT2D eigenvalue weighted by atomic mass is 15.2. The van der Waals surface area contributed by atoms with Gasteiger partial charge in [0.2, 0.25) is 0 Å². The van der Waals surface area contributed by atoms with Crippen LogP contribution in [0.1, 0.15) is 0 Å². The molecule has 0 spiro atoms. The lowest BCUT2D eigenvalue weighted by atomic mass is 10.2.